The summed E-state index contributed by atoms with van der Waals surface area (Å²) in [6.07, 6.45) is 4.56. The van der Waals surface area contributed by atoms with E-state index in [2.05, 4.69) is 22.3 Å². The van der Waals surface area contributed by atoms with Gasteiger partial charge in [0, 0.05) is 47.8 Å². The quantitative estimate of drug-likeness (QED) is 0.739. The van der Waals surface area contributed by atoms with E-state index >= 15 is 0 Å². The number of halogens is 2. The van der Waals surface area contributed by atoms with E-state index in [4.69, 9.17) is 11.6 Å². The summed E-state index contributed by atoms with van der Waals surface area (Å²) in [5.74, 6) is -0.346. The minimum Gasteiger partial charge on any atom is -0.324 e. The van der Waals surface area contributed by atoms with Crippen LogP contribution in [-0.2, 0) is 0 Å². The van der Waals surface area contributed by atoms with Gasteiger partial charge in [0.1, 0.15) is 5.82 Å². The van der Waals surface area contributed by atoms with E-state index in [0.717, 1.165) is 43.5 Å². The van der Waals surface area contributed by atoms with Crippen LogP contribution in [-0.4, -0.2) is 41.5 Å². The Morgan fingerprint density at radius 3 is 2.48 bits per heavy atom. The van der Waals surface area contributed by atoms with Gasteiger partial charge in [0.05, 0.1) is 0 Å². The molecule has 152 valence electrons. The summed E-state index contributed by atoms with van der Waals surface area (Å²) < 4.78 is 13.4. The standard InChI is InChI=1S/C23H25ClFN3O/c24-17-6-4-16(5-7-17)21-23(15-28(21)20-8-9-20)10-12-27(13-11-23)22(29)26-19-3-1-2-18(25)14-19/h1-7,14,20-21H,8-13,15H2,(H,26,29). The molecule has 1 N–H and O–H groups in total. The van der Waals surface area contributed by atoms with Gasteiger partial charge in [0.2, 0.25) is 0 Å². The first kappa shape index (κ1) is 18.9. The van der Waals surface area contributed by atoms with Crippen molar-refractivity contribution in [1.82, 2.24) is 9.80 Å². The summed E-state index contributed by atoms with van der Waals surface area (Å²) in [4.78, 5) is 17.1. The molecule has 1 saturated carbocycles. The highest BCUT2D eigenvalue weighted by Gasteiger charge is 2.57. The smallest absolute Gasteiger partial charge is 0.321 e. The van der Waals surface area contributed by atoms with Crippen molar-refractivity contribution in [2.45, 2.75) is 37.8 Å². The van der Waals surface area contributed by atoms with Crippen LogP contribution < -0.4 is 5.32 Å². The van der Waals surface area contributed by atoms with Gasteiger partial charge in [-0.2, -0.15) is 0 Å². The van der Waals surface area contributed by atoms with E-state index in [1.54, 1.807) is 12.1 Å². The second-order valence-electron chi connectivity index (χ2n) is 8.65. The molecule has 2 aromatic rings. The average Bonchev–Trinajstić information content (AvgIpc) is 3.53. The Morgan fingerprint density at radius 1 is 1.10 bits per heavy atom. The van der Waals surface area contributed by atoms with Crippen molar-refractivity contribution in [3.05, 3.63) is 64.9 Å². The fourth-order valence-electron chi connectivity index (χ4n) is 5.07. The van der Waals surface area contributed by atoms with Crippen molar-refractivity contribution >= 4 is 23.3 Å². The van der Waals surface area contributed by atoms with Crippen LogP contribution in [0.15, 0.2) is 48.5 Å². The van der Waals surface area contributed by atoms with E-state index in [-0.39, 0.29) is 17.3 Å². The molecule has 1 atom stereocenters. The zero-order valence-electron chi connectivity index (χ0n) is 16.3. The molecular weight excluding hydrogens is 389 g/mol. The molecule has 2 saturated heterocycles. The number of anilines is 1. The van der Waals surface area contributed by atoms with Gasteiger partial charge in [0.15, 0.2) is 0 Å². The Balaban J connectivity index is 1.27. The van der Waals surface area contributed by atoms with Gasteiger partial charge in [-0.1, -0.05) is 29.8 Å². The number of nitrogens with zero attached hydrogens (tertiary/aromatic N) is 2. The van der Waals surface area contributed by atoms with Crippen LogP contribution >= 0.6 is 11.6 Å². The number of amides is 2. The van der Waals surface area contributed by atoms with E-state index < -0.39 is 0 Å². The lowest BCUT2D eigenvalue weighted by Crippen LogP contribution is -2.63. The lowest BCUT2D eigenvalue weighted by molar-refractivity contribution is -0.112. The second kappa shape index (κ2) is 7.29. The summed E-state index contributed by atoms with van der Waals surface area (Å²) in [6, 6.07) is 15.3. The number of rotatable bonds is 3. The van der Waals surface area contributed by atoms with Gasteiger partial charge < -0.3 is 10.2 Å². The van der Waals surface area contributed by atoms with Crippen LogP contribution in [0.3, 0.4) is 0 Å². The number of hydrogen-bond donors (Lipinski definition) is 1. The average molecular weight is 414 g/mol. The van der Waals surface area contributed by atoms with Crippen molar-refractivity contribution in [2.75, 3.05) is 25.0 Å². The van der Waals surface area contributed by atoms with Crippen molar-refractivity contribution in [1.29, 1.82) is 0 Å². The highest BCUT2D eigenvalue weighted by Crippen LogP contribution is 2.58. The second-order valence-corrected chi connectivity index (χ2v) is 9.08. The maximum atomic E-state index is 13.4. The number of piperidine rings is 1. The fraction of sp³-hybridized carbons (Fsp3) is 0.435. The molecule has 2 aromatic carbocycles. The maximum Gasteiger partial charge on any atom is 0.321 e. The van der Waals surface area contributed by atoms with Gasteiger partial charge in [0.25, 0.3) is 0 Å². The number of carbonyl (C=O) groups is 1. The number of likely N-dealkylation sites (tertiary alicyclic amines) is 2. The Labute approximate surface area is 175 Å². The molecule has 3 fully saturated rings. The van der Waals surface area contributed by atoms with Gasteiger partial charge in [-0.05, 0) is 61.6 Å². The molecule has 1 spiro atoms. The summed E-state index contributed by atoms with van der Waals surface area (Å²) >= 11 is 6.11. The zero-order valence-corrected chi connectivity index (χ0v) is 17.0. The first-order chi connectivity index (χ1) is 14.0. The summed E-state index contributed by atoms with van der Waals surface area (Å²) in [5, 5.41) is 3.59. The monoisotopic (exact) mass is 413 g/mol. The minimum absolute atomic E-state index is 0.146. The molecule has 2 aliphatic heterocycles. The number of benzene rings is 2. The van der Waals surface area contributed by atoms with Crippen LogP contribution in [0.2, 0.25) is 5.02 Å². The van der Waals surface area contributed by atoms with Gasteiger partial charge in [-0.15, -0.1) is 0 Å². The Bertz CT molecular complexity index is 907. The van der Waals surface area contributed by atoms with Crippen LogP contribution in [0, 0.1) is 11.2 Å². The minimum atomic E-state index is -0.346. The van der Waals surface area contributed by atoms with Crippen molar-refractivity contribution in [3.8, 4) is 0 Å². The van der Waals surface area contributed by atoms with Gasteiger partial charge in [-0.25, -0.2) is 9.18 Å². The molecule has 3 aliphatic rings. The largest absolute Gasteiger partial charge is 0.324 e. The summed E-state index contributed by atoms with van der Waals surface area (Å²) in [6.45, 7) is 2.57. The van der Waals surface area contributed by atoms with E-state index in [9.17, 15) is 9.18 Å². The molecule has 1 unspecified atom stereocenters. The molecule has 4 nitrogen and oxygen atoms in total. The third-order valence-electron chi connectivity index (χ3n) is 6.73. The maximum absolute atomic E-state index is 13.4. The molecule has 2 heterocycles. The van der Waals surface area contributed by atoms with Crippen molar-refractivity contribution < 1.29 is 9.18 Å². The zero-order chi connectivity index (χ0) is 20.0. The van der Waals surface area contributed by atoms with E-state index in [0.29, 0.717) is 11.7 Å². The normalized spacial score (nSPS) is 23.7. The van der Waals surface area contributed by atoms with E-state index in [1.807, 2.05) is 17.0 Å². The SMILES string of the molecule is O=C(Nc1cccc(F)c1)N1CCC2(CC1)CN(C1CC1)C2c1ccc(Cl)cc1. The molecule has 0 radical (unpaired) electrons. The lowest BCUT2D eigenvalue weighted by Gasteiger charge is -2.61. The third-order valence-corrected chi connectivity index (χ3v) is 6.99. The molecule has 2 amide bonds. The van der Waals surface area contributed by atoms with Gasteiger partial charge in [-0.3, -0.25) is 4.90 Å². The number of carbonyl (C=O) groups excluding carboxylic acids is 1. The van der Waals surface area contributed by atoms with Crippen molar-refractivity contribution in [2.24, 2.45) is 5.41 Å². The molecule has 5 rings (SSSR count). The van der Waals surface area contributed by atoms with Crippen LogP contribution in [0.4, 0.5) is 14.9 Å². The molecular formula is C23H25ClFN3O. The number of nitrogens with one attached hydrogen (secondary N) is 1. The van der Waals surface area contributed by atoms with Crippen LogP contribution in [0.25, 0.3) is 0 Å². The Kier molecular flexibility index (Phi) is 4.75. The number of hydrogen-bond acceptors (Lipinski definition) is 2. The summed E-state index contributed by atoms with van der Waals surface area (Å²) in [7, 11) is 0. The van der Waals surface area contributed by atoms with E-state index in [1.165, 1.54) is 30.5 Å². The molecule has 0 aromatic heterocycles. The predicted molar refractivity (Wildman–Crippen MR) is 113 cm³/mol. The third kappa shape index (κ3) is 3.62. The lowest BCUT2D eigenvalue weighted by atomic mass is 9.63. The fourth-order valence-corrected chi connectivity index (χ4v) is 5.20. The van der Waals surface area contributed by atoms with Gasteiger partial charge >= 0.3 is 6.03 Å². The summed E-state index contributed by atoms with van der Waals surface area (Å²) in [5.41, 5.74) is 2.06. The first-order valence-electron chi connectivity index (χ1n) is 10.4. The first-order valence-corrected chi connectivity index (χ1v) is 10.7. The molecule has 1 aliphatic carbocycles. The highest BCUT2D eigenvalue weighted by molar-refractivity contribution is 6.30. The molecule has 0 bridgehead atoms. The Morgan fingerprint density at radius 2 is 1.83 bits per heavy atom. The molecule has 6 heteroatoms. The molecule has 29 heavy (non-hydrogen) atoms. The predicted octanol–water partition coefficient (Wildman–Crippen LogP) is 5.31. The topological polar surface area (TPSA) is 35.6 Å². The van der Waals surface area contributed by atoms with Crippen molar-refractivity contribution in [3.63, 3.8) is 0 Å². The van der Waals surface area contributed by atoms with Crippen LogP contribution in [0.5, 0.6) is 0 Å². The Hall–Kier alpha value is -2.11. The van der Waals surface area contributed by atoms with Crippen LogP contribution in [0.1, 0.15) is 37.3 Å². The number of urea groups is 1. The highest BCUT2D eigenvalue weighted by atomic mass is 35.5.